The van der Waals surface area contributed by atoms with Crippen molar-refractivity contribution in [2.45, 2.75) is 32.1 Å². The molecule has 2 rings (SSSR count). The second kappa shape index (κ2) is 3.35. The highest BCUT2D eigenvalue weighted by Crippen LogP contribution is 2.47. The maximum atomic E-state index is 5.45. The van der Waals surface area contributed by atoms with E-state index in [1.165, 1.54) is 51.7 Å². The zero-order chi connectivity index (χ0) is 8.44. The molecule has 2 nitrogen and oxygen atoms in total. The lowest BCUT2D eigenvalue weighted by atomic mass is 9.63. The van der Waals surface area contributed by atoms with Gasteiger partial charge in [-0.05, 0) is 44.2 Å². The zero-order valence-corrected chi connectivity index (χ0v) is 7.89. The van der Waals surface area contributed by atoms with E-state index in [-0.39, 0.29) is 0 Å². The van der Waals surface area contributed by atoms with E-state index in [9.17, 15) is 0 Å². The summed E-state index contributed by atoms with van der Waals surface area (Å²) in [4.78, 5) is 2.59. The Morgan fingerprint density at radius 3 is 2.42 bits per heavy atom. The molecular weight excluding hydrogens is 148 g/mol. The van der Waals surface area contributed by atoms with Crippen molar-refractivity contribution >= 4 is 0 Å². The van der Waals surface area contributed by atoms with Crippen molar-refractivity contribution in [3.8, 4) is 0 Å². The SMILES string of the molecule is NCCCCN1CC2(CCC2)C1. The molecule has 2 N–H and O–H groups in total. The fraction of sp³-hybridized carbons (Fsp3) is 1.00. The van der Waals surface area contributed by atoms with Crippen LogP contribution in [-0.4, -0.2) is 31.1 Å². The van der Waals surface area contributed by atoms with E-state index in [2.05, 4.69) is 4.90 Å². The zero-order valence-electron chi connectivity index (χ0n) is 7.89. The van der Waals surface area contributed by atoms with Crippen molar-refractivity contribution in [1.29, 1.82) is 0 Å². The van der Waals surface area contributed by atoms with Gasteiger partial charge in [-0.3, -0.25) is 0 Å². The molecule has 1 saturated carbocycles. The standard InChI is InChI=1S/C10H20N2/c11-6-1-2-7-12-8-10(9-12)4-3-5-10/h1-9,11H2. The molecule has 1 spiro atoms. The van der Waals surface area contributed by atoms with Crippen LogP contribution in [0.4, 0.5) is 0 Å². The molecule has 0 unspecified atom stereocenters. The predicted molar refractivity (Wildman–Crippen MR) is 51.0 cm³/mol. The molecule has 1 saturated heterocycles. The molecule has 1 aliphatic heterocycles. The summed E-state index contributed by atoms with van der Waals surface area (Å²) in [7, 11) is 0. The van der Waals surface area contributed by atoms with E-state index >= 15 is 0 Å². The van der Waals surface area contributed by atoms with Crippen molar-refractivity contribution in [1.82, 2.24) is 4.90 Å². The van der Waals surface area contributed by atoms with E-state index in [4.69, 9.17) is 5.73 Å². The van der Waals surface area contributed by atoms with Crippen molar-refractivity contribution in [3.05, 3.63) is 0 Å². The lowest BCUT2D eigenvalue weighted by Crippen LogP contribution is -2.59. The monoisotopic (exact) mass is 168 g/mol. The Balaban J connectivity index is 1.56. The Bertz CT molecular complexity index is 144. The van der Waals surface area contributed by atoms with Gasteiger partial charge in [-0.25, -0.2) is 0 Å². The van der Waals surface area contributed by atoms with Gasteiger partial charge in [-0.2, -0.15) is 0 Å². The Kier molecular flexibility index (Phi) is 2.37. The lowest BCUT2D eigenvalue weighted by molar-refractivity contribution is -0.0598. The molecule has 1 heterocycles. The van der Waals surface area contributed by atoms with E-state index in [1.807, 2.05) is 0 Å². The third-order valence-corrected chi connectivity index (χ3v) is 3.46. The molecule has 12 heavy (non-hydrogen) atoms. The lowest BCUT2D eigenvalue weighted by Gasteiger charge is -2.56. The van der Waals surface area contributed by atoms with E-state index in [0.717, 1.165) is 12.0 Å². The third-order valence-electron chi connectivity index (χ3n) is 3.46. The maximum Gasteiger partial charge on any atom is 0.00505 e. The Labute approximate surface area is 75.1 Å². The normalized spacial score (nSPS) is 26.8. The first kappa shape index (κ1) is 8.52. The largest absolute Gasteiger partial charge is 0.330 e. The molecule has 0 amide bonds. The molecular formula is C10H20N2. The first-order valence-corrected chi connectivity index (χ1v) is 5.27. The number of likely N-dealkylation sites (tertiary alicyclic amines) is 1. The van der Waals surface area contributed by atoms with Crippen molar-refractivity contribution in [3.63, 3.8) is 0 Å². The van der Waals surface area contributed by atoms with Crippen LogP contribution in [0.1, 0.15) is 32.1 Å². The summed E-state index contributed by atoms with van der Waals surface area (Å²) < 4.78 is 0. The highest BCUT2D eigenvalue weighted by Gasteiger charge is 2.46. The molecule has 2 fully saturated rings. The highest BCUT2D eigenvalue weighted by molar-refractivity contribution is 5.00. The molecule has 2 heteroatoms. The molecule has 0 aromatic carbocycles. The minimum Gasteiger partial charge on any atom is -0.330 e. The quantitative estimate of drug-likeness (QED) is 0.639. The Hall–Kier alpha value is -0.0800. The van der Waals surface area contributed by atoms with E-state index in [0.29, 0.717) is 0 Å². The first-order chi connectivity index (χ1) is 5.85. The molecule has 0 atom stereocenters. The van der Waals surface area contributed by atoms with Gasteiger partial charge in [-0.1, -0.05) is 6.42 Å². The summed E-state index contributed by atoms with van der Waals surface area (Å²) in [5, 5.41) is 0. The fourth-order valence-electron chi connectivity index (χ4n) is 2.53. The third kappa shape index (κ3) is 1.50. The molecule has 0 aromatic rings. The fourth-order valence-corrected chi connectivity index (χ4v) is 2.53. The van der Waals surface area contributed by atoms with Gasteiger partial charge in [0.15, 0.2) is 0 Å². The highest BCUT2D eigenvalue weighted by atomic mass is 15.2. The van der Waals surface area contributed by atoms with Crippen molar-refractivity contribution in [2.75, 3.05) is 26.2 Å². The van der Waals surface area contributed by atoms with Gasteiger partial charge in [0.25, 0.3) is 0 Å². The summed E-state index contributed by atoms with van der Waals surface area (Å²) in [6, 6.07) is 0. The molecule has 1 aliphatic carbocycles. The molecule has 0 radical (unpaired) electrons. The average molecular weight is 168 g/mol. The Morgan fingerprint density at radius 2 is 1.92 bits per heavy atom. The number of unbranched alkanes of at least 4 members (excludes halogenated alkanes) is 1. The number of nitrogens with two attached hydrogens (primary N) is 1. The molecule has 0 bridgehead atoms. The van der Waals surface area contributed by atoms with Gasteiger partial charge in [-0.15, -0.1) is 0 Å². The van der Waals surface area contributed by atoms with Crippen LogP contribution in [0.3, 0.4) is 0 Å². The van der Waals surface area contributed by atoms with Crippen LogP contribution in [0.25, 0.3) is 0 Å². The molecule has 0 aromatic heterocycles. The molecule has 2 aliphatic rings. The summed E-state index contributed by atoms with van der Waals surface area (Å²) in [6.45, 7) is 4.92. The van der Waals surface area contributed by atoms with Crippen LogP contribution in [0.2, 0.25) is 0 Å². The maximum absolute atomic E-state index is 5.45. The van der Waals surface area contributed by atoms with Crippen LogP contribution in [0.15, 0.2) is 0 Å². The summed E-state index contributed by atoms with van der Waals surface area (Å²) >= 11 is 0. The van der Waals surface area contributed by atoms with Crippen LogP contribution >= 0.6 is 0 Å². The predicted octanol–water partition coefficient (Wildman–Crippen LogP) is 1.21. The average Bonchev–Trinajstić information content (AvgIpc) is 1.90. The van der Waals surface area contributed by atoms with Crippen molar-refractivity contribution < 1.29 is 0 Å². The van der Waals surface area contributed by atoms with Gasteiger partial charge in [0.05, 0.1) is 0 Å². The van der Waals surface area contributed by atoms with Gasteiger partial charge in [0, 0.05) is 13.1 Å². The topological polar surface area (TPSA) is 29.3 Å². The minimum atomic E-state index is 0.808. The summed E-state index contributed by atoms with van der Waals surface area (Å²) in [5.41, 5.74) is 6.25. The second-order valence-electron chi connectivity index (χ2n) is 4.56. The number of rotatable bonds is 4. The smallest absolute Gasteiger partial charge is 0.00505 e. The number of hydrogen-bond donors (Lipinski definition) is 1. The van der Waals surface area contributed by atoms with Gasteiger partial charge in [0.2, 0.25) is 0 Å². The minimum absolute atomic E-state index is 0.808. The van der Waals surface area contributed by atoms with Crippen LogP contribution < -0.4 is 5.73 Å². The van der Waals surface area contributed by atoms with Crippen molar-refractivity contribution in [2.24, 2.45) is 11.1 Å². The van der Waals surface area contributed by atoms with E-state index < -0.39 is 0 Å². The first-order valence-electron chi connectivity index (χ1n) is 5.27. The summed E-state index contributed by atoms with van der Waals surface area (Å²) in [6.07, 6.45) is 6.98. The Morgan fingerprint density at radius 1 is 1.17 bits per heavy atom. The van der Waals surface area contributed by atoms with Crippen LogP contribution in [0, 0.1) is 5.41 Å². The van der Waals surface area contributed by atoms with E-state index in [1.54, 1.807) is 0 Å². The van der Waals surface area contributed by atoms with Crippen LogP contribution in [0.5, 0.6) is 0 Å². The van der Waals surface area contributed by atoms with Gasteiger partial charge < -0.3 is 10.6 Å². The molecule has 70 valence electrons. The summed E-state index contributed by atoms with van der Waals surface area (Å²) in [5.74, 6) is 0. The number of nitrogens with zero attached hydrogens (tertiary/aromatic N) is 1. The van der Waals surface area contributed by atoms with Gasteiger partial charge in [0.1, 0.15) is 0 Å². The number of hydrogen-bond acceptors (Lipinski definition) is 2. The van der Waals surface area contributed by atoms with Crippen LogP contribution in [-0.2, 0) is 0 Å². The van der Waals surface area contributed by atoms with Gasteiger partial charge >= 0.3 is 0 Å². The second-order valence-corrected chi connectivity index (χ2v) is 4.56.